The van der Waals surface area contributed by atoms with Crippen LogP contribution in [0.25, 0.3) is 0 Å². The quantitative estimate of drug-likeness (QED) is 0.784. The molecule has 0 spiro atoms. The zero-order chi connectivity index (χ0) is 19.1. The number of pyridine rings is 1. The molecule has 1 heterocycles. The van der Waals surface area contributed by atoms with Crippen LogP contribution >= 0.6 is 0 Å². The molecule has 2 aromatic rings. The number of hydrogen-bond donors (Lipinski definition) is 2. The molecule has 27 heavy (non-hydrogen) atoms. The fraction of sp³-hybridized carbons (Fsp3) is 0.350. The number of hydrogen-bond acceptors (Lipinski definition) is 4. The Hall–Kier alpha value is -2.96. The van der Waals surface area contributed by atoms with E-state index in [1.165, 1.54) is 12.1 Å². The average molecular weight is 371 g/mol. The Morgan fingerprint density at radius 2 is 1.96 bits per heavy atom. The predicted molar refractivity (Wildman–Crippen MR) is 97.5 cm³/mol. The molecule has 1 saturated carbocycles. The van der Waals surface area contributed by atoms with Gasteiger partial charge in [0.05, 0.1) is 6.54 Å². The van der Waals surface area contributed by atoms with Gasteiger partial charge in [-0.15, -0.1) is 0 Å². The summed E-state index contributed by atoms with van der Waals surface area (Å²) in [5.74, 6) is 0.0742. The van der Waals surface area contributed by atoms with E-state index in [4.69, 9.17) is 4.74 Å². The Morgan fingerprint density at radius 1 is 1.15 bits per heavy atom. The van der Waals surface area contributed by atoms with Gasteiger partial charge in [-0.2, -0.15) is 0 Å². The fourth-order valence-electron chi connectivity index (χ4n) is 2.99. The van der Waals surface area contributed by atoms with E-state index in [0.717, 1.165) is 31.2 Å². The molecule has 1 aliphatic carbocycles. The number of rotatable bonds is 7. The van der Waals surface area contributed by atoms with Crippen LogP contribution in [0.15, 0.2) is 42.6 Å². The molecule has 0 radical (unpaired) electrons. The van der Waals surface area contributed by atoms with E-state index in [-0.39, 0.29) is 30.1 Å². The van der Waals surface area contributed by atoms with Crippen LogP contribution < -0.4 is 15.4 Å². The van der Waals surface area contributed by atoms with Crippen LogP contribution in [0.1, 0.15) is 31.2 Å². The lowest BCUT2D eigenvalue weighted by molar-refractivity contribution is -0.128. The lowest BCUT2D eigenvalue weighted by Gasteiger charge is -2.11. The first kappa shape index (κ1) is 18.8. The van der Waals surface area contributed by atoms with Crippen molar-refractivity contribution < 1.29 is 18.7 Å². The first-order chi connectivity index (χ1) is 13.1. The Bertz CT molecular complexity index is 789. The second-order valence-electron chi connectivity index (χ2n) is 6.54. The van der Waals surface area contributed by atoms with Gasteiger partial charge in [0.2, 0.25) is 17.7 Å². The third-order valence-electron chi connectivity index (χ3n) is 4.45. The summed E-state index contributed by atoms with van der Waals surface area (Å²) in [5.41, 5.74) is 0.789. The lowest BCUT2D eigenvalue weighted by atomic mass is 10.1. The maximum Gasteiger partial charge on any atom is 0.239 e. The molecule has 0 aliphatic heterocycles. The second kappa shape index (κ2) is 9.12. The largest absolute Gasteiger partial charge is 0.439 e. The molecule has 3 rings (SSSR count). The van der Waals surface area contributed by atoms with Crippen molar-refractivity contribution in [2.24, 2.45) is 5.92 Å². The van der Waals surface area contributed by atoms with E-state index in [1.807, 2.05) is 0 Å². The number of carbonyl (C=O) groups is 2. The maximum absolute atomic E-state index is 13.1. The van der Waals surface area contributed by atoms with Gasteiger partial charge in [0, 0.05) is 30.8 Å². The van der Waals surface area contributed by atoms with Gasteiger partial charge in [0.25, 0.3) is 0 Å². The SMILES string of the molecule is O=C(CNC(=O)C1CCCC1)NCc1ccc(Oc2cccc(F)c2)nc1. The van der Waals surface area contributed by atoms with E-state index >= 15 is 0 Å². The number of nitrogens with zero attached hydrogens (tertiary/aromatic N) is 1. The molecule has 142 valence electrons. The summed E-state index contributed by atoms with van der Waals surface area (Å²) < 4.78 is 18.6. The Balaban J connectivity index is 1.41. The standard InChI is InChI=1S/C20H22FN3O3/c21-16-6-3-7-17(10-16)27-19-9-8-14(12-23-19)11-22-18(25)13-24-20(26)15-4-1-2-5-15/h3,6-10,12,15H,1-2,4-5,11,13H2,(H,22,25)(H,24,26). The number of halogens is 1. The number of ether oxygens (including phenoxy) is 1. The summed E-state index contributed by atoms with van der Waals surface area (Å²) >= 11 is 0. The molecule has 6 nitrogen and oxygen atoms in total. The van der Waals surface area contributed by atoms with Crippen molar-refractivity contribution in [1.29, 1.82) is 0 Å². The van der Waals surface area contributed by atoms with E-state index in [9.17, 15) is 14.0 Å². The van der Waals surface area contributed by atoms with Gasteiger partial charge in [-0.25, -0.2) is 9.37 Å². The third kappa shape index (κ3) is 5.77. The first-order valence-electron chi connectivity index (χ1n) is 9.03. The minimum atomic E-state index is -0.383. The van der Waals surface area contributed by atoms with E-state index in [2.05, 4.69) is 15.6 Å². The topological polar surface area (TPSA) is 80.3 Å². The summed E-state index contributed by atoms with van der Waals surface area (Å²) in [4.78, 5) is 27.9. The maximum atomic E-state index is 13.1. The van der Waals surface area contributed by atoms with Crippen molar-refractivity contribution in [3.8, 4) is 11.6 Å². The molecule has 1 fully saturated rings. The number of aromatic nitrogens is 1. The summed E-state index contributed by atoms with van der Waals surface area (Å²) in [6, 6.07) is 9.21. The summed E-state index contributed by atoms with van der Waals surface area (Å²) in [6.45, 7) is 0.273. The van der Waals surface area contributed by atoms with Crippen molar-refractivity contribution in [3.63, 3.8) is 0 Å². The van der Waals surface area contributed by atoms with Crippen LogP contribution in [-0.2, 0) is 16.1 Å². The number of nitrogens with one attached hydrogen (secondary N) is 2. The number of benzene rings is 1. The molecule has 0 bridgehead atoms. The summed E-state index contributed by atoms with van der Waals surface area (Å²) in [7, 11) is 0. The Morgan fingerprint density at radius 3 is 2.67 bits per heavy atom. The van der Waals surface area contributed by atoms with Crippen LogP contribution in [0, 0.1) is 11.7 Å². The van der Waals surface area contributed by atoms with Crippen LogP contribution in [-0.4, -0.2) is 23.3 Å². The van der Waals surface area contributed by atoms with Gasteiger partial charge >= 0.3 is 0 Å². The number of carbonyl (C=O) groups excluding carboxylic acids is 2. The van der Waals surface area contributed by atoms with Crippen molar-refractivity contribution >= 4 is 11.8 Å². The highest BCUT2D eigenvalue weighted by molar-refractivity contribution is 5.85. The zero-order valence-corrected chi connectivity index (χ0v) is 14.9. The molecular weight excluding hydrogens is 349 g/mol. The smallest absolute Gasteiger partial charge is 0.239 e. The van der Waals surface area contributed by atoms with Crippen molar-refractivity contribution in [3.05, 3.63) is 54.0 Å². The highest BCUT2D eigenvalue weighted by Crippen LogP contribution is 2.24. The first-order valence-corrected chi connectivity index (χ1v) is 9.03. The normalized spacial score (nSPS) is 14.0. The van der Waals surface area contributed by atoms with Gasteiger partial charge < -0.3 is 15.4 Å². The minimum absolute atomic E-state index is 0.0243. The summed E-state index contributed by atoms with van der Waals surface area (Å²) in [6.07, 6.45) is 5.55. The van der Waals surface area contributed by atoms with Gasteiger partial charge in [-0.3, -0.25) is 9.59 Å². The lowest BCUT2D eigenvalue weighted by Crippen LogP contribution is -2.38. The third-order valence-corrected chi connectivity index (χ3v) is 4.45. The molecule has 0 atom stereocenters. The zero-order valence-electron chi connectivity index (χ0n) is 14.9. The van der Waals surface area contributed by atoms with Crippen LogP contribution in [0.4, 0.5) is 4.39 Å². The Kier molecular flexibility index (Phi) is 6.35. The van der Waals surface area contributed by atoms with Gasteiger partial charge in [0.1, 0.15) is 11.6 Å². The van der Waals surface area contributed by atoms with Crippen molar-refractivity contribution in [2.75, 3.05) is 6.54 Å². The van der Waals surface area contributed by atoms with Gasteiger partial charge in [-0.05, 0) is 30.5 Å². The van der Waals surface area contributed by atoms with Crippen LogP contribution in [0.5, 0.6) is 11.6 Å². The molecule has 2 amide bonds. The summed E-state index contributed by atoms with van der Waals surface area (Å²) in [5, 5.41) is 5.42. The van der Waals surface area contributed by atoms with Crippen LogP contribution in [0.3, 0.4) is 0 Å². The Labute approximate surface area is 157 Å². The van der Waals surface area contributed by atoms with E-state index in [1.54, 1.807) is 30.5 Å². The van der Waals surface area contributed by atoms with Gasteiger partial charge in [0.15, 0.2) is 0 Å². The van der Waals surface area contributed by atoms with Crippen molar-refractivity contribution in [2.45, 2.75) is 32.2 Å². The molecule has 1 aliphatic rings. The van der Waals surface area contributed by atoms with Crippen LogP contribution in [0.2, 0.25) is 0 Å². The highest BCUT2D eigenvalue weighted by Gasteiger charge is 2.22. The van der Waals surface area contributed by atoms with Crippen molar-refractivity contribution in [1.82, 2.24) is 15.6 Å². The molecule has 1 aromatic heterocycles. The average Bonchev–Trinajstić information content (AvgIpc) is 3.20. The fourth-order valence-corrected chi connectivity index (χ4v) is 2.99. The number of amides is 2. The van der Waals surface area contributed by atoms with E-state index in [0.29, 0.717) is 18.2 Å². The molecule has 0 saturated heterocycles. The molecule has 2 N–H and O–H groups in total. The molecule has 0 unspecified atom stereocenters. The molecule has 1 aromatic carbocycles. The highest BCUT2D eigenvalue weighted by atomic mass is 19.1. The van der Waals surface area contributed by atoms with E-state index < -0.39 is 0 Å². The molecular formula is C20H22FN3O3. The monoisotopic (exact) mass is 371 g/mol. The molecule has 7 heteroatoms. The second-order valence-corrected chi connectivity index (χ2v) is 6.54. The predicted octanol–water partition coefficient (Wildman–Crippen LogP) is 2.94. The van der Waals surface area contributed by atoms with Gasteiger partial charge in [-0.1, -0.05) is 25.0 Å². The minimum Gasteiger partial charge on any atom is -0.439 e.